The zero-order valence-electron chi connectivity index (χ0n) is 18.1. The monoisotopic (exact) mass is 439 g/mol. The van der Waals surface area contributed by atoms with Crippen LogP contribution in [0.1, 0.15) is 24.5 Å². The Balaban J connectivity index is 2.01. The van der Waals surface area contributed by atoms with Gasteiger partial charge in [-0.25, -0.2) is 9.38 Å². The fourth-order valence-electron chi connectivity index (χ4n) is 3.53. The lowest BCUT2D eigenvalue weighted by atomic mass is 10.00. The second-order valence-corrected chi connectivity index (χ2v) is 7.47. The number of carbonyl (C=O) groups is 1. The number of nitriles is 1. The van der Waals surface area contributed by atoms with Crippen LogP contribution in [-0.2, 0) is 9.53 Å². The van der Waals surface area contributed by atoms with Gasteiger partial charge in [0.15, 0.2) is 5.82 Å². The van der Waals surface area contributed by atoms with Crippen molar-refractivity contribution in [2.24, 2.45) is 21.5 Å². The molecule has 32 heavy (non-hydrogen) atoms. The van der Waals surface area contributed by atoms with Crippen LogP contribution in [0.15, 0.2) is 39.6 Å². The van der Waals surface area contributed by atoms with Crippen LogP contribution < -0.4 is 16.8 Å². The molecular weight excluding hydrogens is 413 g/mol. The first-order valence-electron chi connectivity index (χ1n) is 10.1. The van der Waals surface area contributed by atoms with E-state index in [0.717, 1.165) is 5.70 Å². The van der Waals surface area contributed by atoms with E-state index in [0.29, 0.717) is 42.9 Å². The first kappa shape index (κ1) is 23.0. The summed E-state index contributed by atoms with van der Waals surface area (Å²) in [7, 11) is 1.55. The zero-order valence-corrected chi connectivity index (χ0v) is 18.1. The molecule has 0 aliphatic carbocycles. The topological polar surface area (TPSA) is 142 Å². The molecule has 1 fully saturated rings. The van der Waals surface area contributed by atoms with Crippen LogP contribution >= 0.6 is 0 Å². The second kappa shape index (κ2) is 10.1. The lowest BCUT2D eigenvalue weighted by Crippen LogP contribution is -2.49. The van der Waals surface area contributed by atoms with Crippen LogP contribution in [0.4, 0.5) is 10.1 Å². The van der Waals surface area contributed by atoms with Crippen LogP contribution in [0, 0.1) is 17.1 Å². The van der Waals surface area contributed by atoms with Gasteiger partial charge < -0.3 is 26.4 Å². The summed E-state index contributed by atoms with van der Waals surface area (Å²) in [6.45, 7) is 3.48. The highest BCUT2D eigenvalue weighted by atomic mass is 19.1. The molecule has 1 aromatic carbocycles. The van der Waals surface area contributed by atoms with Gasteiger partial charge >= 0.3 is 0 Å². The summed E-state index contributed by atoms with van der Waals surface area (Å²) in [5, 5.41) is 12.9. The minimum atomic E-state index is -0.807. The van der Waals surface area contributed by atoms with Gasteiger partial charge in [0, 0.05) is 61.8 Å². The number of nitrogens with zero attached hydrogens (tertiary/aromatic N) is 4. The van der Waals surface area contributed by atoms with Gasteiger partial charge in [-0.15, -0.1) is 0 Å². The van der Waals surface area contributed by atoms with Crippen LogP contribution in [0.2, 0.25) is 0 Å². The van der Waals surface area contributed by atoms with Gasteiger partial charge in [0.1, 0.15) is 17.6 Å². The number of aliphatic imine (C=N–C) groups is 2. The van der Waals surface area contributed by atoms with E-state index in [2.05, 4.69) is 15.3 Å². The minimum Gasteiger partial charge on any atom is -0.404 e. The smallest absolute Gasteiger partial charge is 0.219 e. The number of halogens is 1. The largest absolute Gasteiger partial charge is 0.404 e. The van der Waals surface area contributed by atoms with Crippen molar-refractivity contribution in [1.82, 2.24) is 10.2 Å². The lowest BCUT2D eigenvalue weighted by Gasteiger charge is -2.35. The summed E-state index contributed by atoms with van der Waals surface area (Å²) in [5.41, 5.74) is 13.8. The van der Waals surface area contributed by atoms with Crippen molar-refractivity contribution in [2.45, 2.75) is 19.4 Å². The van der Waals surface area contributed by atoms with E-state index in [1.54, 1.807) is 18.0 Å². The Kier molecular flexibility index (Phi) is 7.22. The number of rotatable bonds is 6. The molecule has 0 bridgehead atoms. The molecule has 3 rings (SSSR count). The van der Waals surface area contributed by atoms with Crippen LogP contribution in [0.25, 0.3) is 5.57 Å². The number of hydrogen-bond acceptors (Lipinski definition) is 7. The summed E-state index contributed by atoms with van der Waals surface area (Å²) in [5.74, 6) is -0.806. The van der Waals surface area contributed by atoms with E-state index in [9.17, 15) is 10.1 Å². The molecule has 2 aliphatic rings. The molecule has 1 amide bonds. The van der Waals surface area contributed by atoms with E-state index >= 15 is 4.39 Å². The molecule has 2 aliphatic heterocycles. The summed E-state index contributed by atoms with van der Waals surface area (Å²) < 4.78 is 20.4. The number of allylic oxidation sites excluding steroid dienone is 1. The van der Waals surface area contributed by atoms with Crippen LogP contribution in [0.5, 0.6) is 0 Å². The molecule has 0 aromatic heterocycles. The maximum atomic E-state index is 15.2. The van der Waals surface area contributed by atoms with Crippen molar-refractivity contribution in [3.63, 3.8) is 0 Å². The number of carbonyl (C=O) groups excluding carboxylic acids is 1. The second-order valence-electron chi connectivity index (χ2n) is 7.47. The Hall–Kier alpha value is -3.71. The van der Waals surface area contributed by atoms with E-state index in [-0.39, 0.29) is 35.6 Å². The highest BCUT2D eigenvalue weighted by molar-refractivity contribution is 6.10. The third-order valence-electron chi connectivity index (χ3n) is 5.35. The van der Waals surface area contributed by atoms with E-state index in [1.807, 2.05) is 6.07 Å². The fraction of sp³-hybridized carbons (Fsp3) is 0.364. The number of benzene rings is 1. The van der Waals surface area contributed by atoms with Crippen molar-refractivity contribution in [1.29, 1.82) is 5.26 Å². The van der Waals surface area contributed by atoms with Crippen molar-refractivity contribution < 1.29 is 13.9 Å². The molecule has 0 saturated carbocycles. The molecule has 0 radical (unpaired) electrons. The fourth-order valence-corrected chi connectivity index (χ4v) is 3.53. The van der Waals surface area contributed by atoms with Gasteiger partial charge in [-0.2, -0.15) is 5.26 Å². The average Bonchev–Trinajstić information content (AvgIpc) is 2.75. The highest BCUT2D eigenvalue weighted by Gasteiger charge is 2.27. The molecular formula is C22H26FN7O2. The van der Waals surface area contributed by atoms with Crippen molar-refractivity contribution in [3.8, 4) is 6.07 Å². The normalized spacial score (nSPS) is 18.0. The maximum Gasteiger partial charge on any atom is 0.219 e. The quantitative estimate of drug-likeness (QED) is 0.449. The zero-order chi connectivity index (χ0) is 23.3. The number of nitrogens with one attached hydrogen (secondary N) is 1. The molecule has 2 heterocycles. The number of ether oxygens (including phenoxy) is 1. The van der Waals surface area contributed by atoms with Crippen LogP contribution in [0.3, 0.4) is 0 Å². The SMILES string of the molecule is CN=CC(=CN)c1ccc(N=C(N)C2=C(NC3COC3)CCN(C(C)=O)C2)c(F)c1C#N. The average molecular weight is 439 g/mol. The van der Waals surface area contributed by atoms with E-state index in [4.69, 9.17) is 16.2 Å². The Morgan fingerprint density at radius 3 is 2.75 bits per heavy atom. The molecule has 0 unspecified atom stereocenters. The molecule has 10 heteroatoms. The van der Waals surface area contributed by atoms with Crippen LogP contribution in [-0.4, -0.2) is 62.3 Å². The Labute approximate surface area is 185 Å². The van der Waals surface area contributed by atoms with Crippen molar-refractivity contribution in [3.05, 3.63) is 46.5 Å². The summed E-state index contributed by atoms with van der Waals surface area (Å²) in [6.07, 6.45) is 3.27. The molecule has 0 spiro atoms. The van der Waals surface area contributed by atoms with Gasteiger partial charge in [-0.3, -0.25) is 9.79 Å². The van der Waals surface area contributed by atoms with Gasteiger partial charge in [-0.1, -0.05) is 6.07 Å². The Morgan fingerprint density at radius 1 is 1.44 bits per heavy atom. The predicted molar refractivity (Wildman–Crippen MR) is 121 cm³/mol. The number of amides is 1. The standard InChI is InChI=1S/C22H26FN7O2/c1-13(31)30-6-5-19(28-15-11-32-12-15)18(10-30)22(26)29-20-4-3-16(14(7-24)9-27-2)17(8-25)21(20)23/h3-4,7,9,15,28H,5-6,10-12,24H2,1-2H3,(H2,26,29). The molecule has 1 saturated heterocycles. The number of amidine groups is 1. The van der Waals surface area contributed by atoms with Crippen molar-refractivity contribution in [2.75, 3.05) is 33.4 Å². The summed E-state index contributed by atoms with van der Waals surface area (Å²) >= 11 is 0. The third kappa shape index (κ3) is 4.78. The Bertz CT molecular complexity index is 1060. The maximum absolute atomic E-state index is 15.2. The Morgan fingerprint density at radius 2 is 2.19 bits per heavy atom. The third-order valence-corrected chi connectivity index (χ3v) is 5.35. The summed E-state index contributed by atoms with van der Waals surface area (Å²) in [6, 6.07) is 5.02. The molecule has 0 atom stereocenters. The lowest BCUT2D eigenvalue weighted by molar-refractivity contribution is -0.128. The van der Waals surface area contributed by atoms with E-state index in [1.165, 1.54) is 25.4 Å². The molecule has 5 N–H and O–H groups in total. The van der Waals surface area contributed by atoms with Gasteiger partial charge in [-0.05, 0) is 6.07 Å². The first-order chi connectivity index (χ1) is 15.4. The molecule has 168 valence electrons. The molecule has 1 aromatic rings. The van der Waals surface area contributed by atoms with Gasteiger partial charge in [0.2, 0.25) is 5.91 Å². The predicted octanol–water partition coefficient (Wildman–Crippen LogP) is 1.18. The summed E-state index contributed by atoms with van der Waals surface area (Å²) in [4.78, 5) is 21.7. The minimum absolute atomic E-state index is 0.0774. The highest BCUT2D eigenvalue weighted by Crippen LogP contribution is 2.28. The van der Waals surface area contributed by atoms with Gasteiger partial charge in [0.25, 0.3) is 0 Å². The van der Waals surface area contributed by atoms with Crippen molar-refractivity contribution >= 4 is 29.2 Å². The number of hydrogen-bond donors (Lipinski definition) is 3. The number of nitrogens with two attached hydrogens (primary N) is 2. The molecule has 9 nitrogen and oxygen atoms in total. The first-order valence-corrected chi connectivity index (χ1v) is 10.1. The van der Waals surface area contributed by atoms with Gasteiger partial charge in [0.05, 0.1) is 31.4 Å². The van der Waals surface area contributed by atoms with E-state index < -0.39 is 5.82 Å².